The number of piperazine rings is 1. The molecule has 2 aromatic carbocycles. The minimum Gasteiger partial charge on any atom is -0.497 e. The number of ether oxygens (including phenoxy) is 1. The lowest BCUT2D eigenvalue weighted by Gasteiger charge is -2.41. The van der Waals surface area contributed by atoms with E-state index in [-0.39, 0.29) is 18.5 Å². The number of aliphatic hydroxyl groups is 1. The molecule has 0 radical (unpaired) electrons. The van der Waals surface area contributed by atoms with Crippen molar-refractivity contribution in [3.05, 3.63) is 65.0 Å². The van der Waals surface area contributed by atoms with Gasteiger partial charge in [-0.2, -0.15) is 0 Å². The summed E-state index contributed by atoms with van der Waals surface area (Å²) in [7, 11) is 1.54. The second-order valence-electron chi connectivity index (χ2n) is 7.31. The number of benzene rings is 2. The Morgan fingerprint density at radius 3 is 2.56 bits per heavy atom. The Hall–Kier alpha value is -1.95. The Bertz CT molecular complexity index is 736. The van der Waals surface area contributed by atoms with Crippen LogP contribution in [0.15, 0.2) is 42.5 Å². The van der Waals surface area contributed by atoms with Gasteiger partial charge in [0.25, 0.3) is 0 Å². The molecule has 1 fully saturated rings. The van der Waals surface area contributed by atoms with Crippen molar-refractivity contribution in [2.24, 2.45) is 0 Å². The first-order valence-corrected chi connectivity index (χ1v) is 9.54. The van der Waals surface area contributed by atoms with Gasteiger partial charge in [-0.25, -0.2) is 4.39 Å². The molecular formula is C22H29FN2O2. The molecule has 27 heavy (non-hydrogen) atoms. The normalized spacial score (nSPS) is 18.6. The van der Waals surface area contributed by atoms with Gasteiger partial charge in [0.1, 0.15) is 11.6 Å². The van der Waals surface area contributed by atoms with Crippen LogP contribution in [0.5, 0.6) is 5.75 Å². The highest BCUT2D eigenvalue weighted by Gasteiger charge is 2.27. The molecule has 1 N–H and O–H groups in total. The lowest BCUT2D eigenvalue weighted by atomic mass is 10.1. The molecule has 0 aliphatic carbocycles. The van der Waals surface area contributed by atoms with E-state index in [1.54, 1.807) is 19.2 Å². The number of aliphatic hydroxyl groups excluding tert-OH is 1. The molecule has 0 aromatic heterocycles. The van der Waals surface area contributed by atoms with Gasteiger partial charge in [0.15, 0.2) is 0 Å². The van der Waals surface area contributed by atoms with E-state index in [9.17, 15) is 9.50 Å². The number of aryl methyl sites for hydroxylation is 1. The molecule has 0 bridgehead atoms. The highest BCUT2D eigenvalue weighted by molar-refractivity contribution is 5.29. The summed E-state index contributed by atoms with van der Waals surface area (Å²) in [6.07, 6.45) is 0.697. The zero-order valence-corrected chi connectivity index (χ0v) is 16.2. The van der Waals surface area contributed by atoms with E-state index in [4.69, 9.17) is 4.74 Å². The molecule has 0 spiro atoms. The summed E-state index contributed by atoms with van der Waals surface area (Å²) in [5.41, 5.74) is 3.24. The van der Waals surface area contributed by atoms with E-state index >= 15 is 0 Å². The Labute approximate surface area is 161 Å². The average Bonchev–Trinajstić information content (AvgIpc) is 2.67. The first kappa shape index (κ1) is 19.8. The highest BCUT2D eigenvalue weighted by atomic mass is 19.1. The number of halogens is 1. The van der Waals surface area contributed by atoms with Gasteiger partial charge in [0, 0.05) is 57.0 Å². The van der Waals surface area contributed by atoms with Crippen molar-refractivity contribution >= 4 is 0 Å². The fourth-order valence-electron chi connectivity index (χ4n) is 3.69. The predicted molar refractivity (Wildman–Crippen MR) is 105 cm³/mol. The third-order valence-electron chi connectivity index (χ3n) is 5.31. The molecule has 1 unspecified atom stereocenters. The summed E-state index contributed by atoms with van der Waals surface area (Å²) < 4.78 is 19.4. The lowest BCUT2D eigenvalue weighted by molar-refractivity contribution is 0.0493. The molecule has 146 valence electrons. The maximum atomic E-state index is 14.3. The first-order valence-electron chi connectivity index (χ1n) is 9.54. The molecule has 1 heterocycles. The fraction of sp³-hybridized carbons (Fsp3) is 0.455. The van der Waals surface area contributed by atoms with Gasteiger partial charge in [-0.05, 0) is 25.0 Å². The van der Waals surface area contributed by atoms with Gasteiger partial charge < -0.3 is 9.84 Å². The second kappa shape index (κ2) is 9.31. The molecule has 1 aliphatic heterocycles. The third-order valence-corrected chi connectivity index (χ3v) is 5.31. The summed E-state index contributed by atoms with van der Waals surface area (Å²) in [5.74, 6) is 0.297. The van der Waals surface area contributed by atoms with Gasteiger partial charge in [-0.15, -0.1) is 0 Å². The van der Waals surface area contributed by atoms with Crippen LogP contribution in [0.25, 0.3) is 0 Å². The molecular weight excluding hydrogens is 343 g/mol. The van der Waals surface area contributed by atoms with E-state index in [1.807, 2.05) is 0 Å². The van der Waals surface area contributed by atoms with Crippen LogP contribution in [0.4, 0.5) is 4.39 Å². The number of hydrogen-bond acceptors (Lipinski definition) is 4. The van der Waals surface area contributed by atoms with Gasteiger partial charge >= 0.3 is 0 Å². The SMILES string of the molecule is COc1ccc(CN2CCN(Cc3ccc(C)cc3)CC2CCO)c(F)c1. The van der Waals surface area contributed by atoms with Crippen molar-refractivity contribution < 1.29 is 14.2 Å². The van der Waals surface area contributed by atoms with Crippen LogP contribution in [0.1, 0.15) is 23.1 Å². The third kappa shape index (κ3) is 5.28. The Balaban J connectivity index is 1.64. The lowest BCUT2D eigenvalue weighted by Crippen LogP contribution is -2.52. The molecule has 2 aromatic rings. The number of methoxy groups -OCH3 is 1. The standard InChI is InChI=1S/C22H29FN2O2/c1-17-3-5-18(6-4-17)14-24-10-11-25(20(16-24)9-12-26)15-19-7-8-21(27-2)13-22(19)23/h3-8,13,20,26H,9-12,14-16H2,1-2H3. The summed E-state index contributed by atoms with van der Waals surface area (Å²) in [6, 6.07) is 13.9. The maximum Gasteiger partial charge on any atom is 0.131 e. The molecule has 4 nitrogen and oxygen atoms in total. The van der Waals surface area contributed by atoms with Crippen LogP contribution in [0, 0.1) is 12.7 Å². The summed E-state index contributed by atoms with van der Waals surface area (Å²) in [4.78, 5) is 4.71. The quantitative estimate of drug-likeness (QED) is 0.810. The number of rotatable bonds is 7. The fourth-order valence-corrected chi connectivity index (χ4v) is 3.69. The van der Waals surface area contributed by atoms with E-state index in [0.29, 0.717) is 24.3 Å². The minimum atomic E-state index is -0.237. The topological polar surface area (TPSA) is 35.9 Å². The molecule has 0 saturated carbocycles. The van der Waals surface area contributed by atoms with E-state index in [2.05, 4.69) is 41.0 Å². The van der Waals surface area contributed by atoms with Crippen LogP contribution in [-0.4, -0.2) is 54.3 Å². The van der Waals surface area contributed by atoms with Gasteiger partial charge in [-0.3, -0.25) is 9.80 Å². The van der Waals surface area contributed by atoms with Crippen LogP contribution in [0.3, 0.4) is 0 Å². The van der Waals surface area contributed by atoms with Crippen LogP contribution in [-0.2, 0) is 13.1 Å². The monoisotopic (exact) mass is 372 g/mol. The van der Waals surface area contributed by atoms with E-state index < -0.39 is 0 Å². The largest absolute Gasteiger partial charge is 0.497 e. The highest BCUT2D eigenvalue weighted by Crippen LogP contribution is 2.22. The predicted octanol–water partition coefficient (Wildman–Crippen LogP) is 3.21. The number of hydrogen-bond donors (Lipinski definition) is 1. The Morgan fingerprint density at radius 1 is 1.11 bits per heavy atom. The summed E-state index contributed by atoms with van der Waals surface area (Å²) in [6.45, 7) is 6.39. The van der Waals surface area contributed by atoms with Crippen molar-refractivity contribution in [1.29, 1.82) is 0 Å². The zero-order chi connectivity index (χ0) is 19.2. The number of nitrogens with zero attached hydrogens (tertiary/aromatic N) is 2. The summed E-state index contributed by atoms with van der Waals surface area (Å²) >= 11 is 0. The van der Waals surface area contributed by atoms with Crippen LogP contribution in [0.2, 0.25) is 0 Å². The van der Waals surface area contributed by atoms with E-state index in [1.165, 1.54) is 17.2 Å². The van der Waals surface area contributed by atoms with Crippen molar-refractivity contribution in [2.75, 3.05) is 33.4 Å². The van der Waals surface area contributed by atoms with Gasteiger partial charge in [0.05, 0.1) is 7.11 Å². The van der Waals surface area contributed by atoms with Gasteiger partial charge in [-0.1, -0.05) is 35.9 Å². The van der Waals surface area contributed by atoms with Crippen molar-refractivity contribution in [2.45, 2.75) is 32.5 Å². The molecule has 1 saturated heterocycles. The van der Waals surface area contributed by atoms with E-state index in [0.717, 1.165) is 26.2 Å². The molecule has 1 atom stereocenters. The first-order chi connectivity index (χ1) is 13.1. The zero-order valence-electron chi connectivity index (χ0n) is 16.2. The average molecular weight is 372 g/mol. The second-order valence-corrected chi connectivity index (χ2v) is 7.31. The Kier molecular flexibility index (Phi) is 6.83. The van der Waals surface area contributed by atoms with Crippen molar-refractivity contribution in [1.82, 2.24) is 9.80 Å². The minimum absolute atomic E-state index is 0.143. The molecule has 1 aliphatic rings. The molecule has 3 rings (SSSR count). The van der Waals surface area contributed by atoms with Crippen molar-refractivity contribution in [3.63, 3.8) is 0 Å². The molecule has 0 amide bonds. The smallest absolute Gasteiger partial charge is 0.131 e. The van der Waals surface area contributed by atoms with Gasteiger partial charge in [0.2, 0.25) is 0 Å². The molecule has 5 heteroatoms. The van der Waals surface area contributed by atoms with Crippen LogP contribution < -0.4 is 4.74 Å². The Morgan fingerprint density at radius 2 is 1.89 bits per heavy atom. The van der Waals surface area contributed by atoms with Crippen LogP contribution >= 0.6 is 0 Å². The summed E-state index contributed by atoms with van der Waals surface area (Å²) in [5, 5.41) is 9.50. The maximum absolute atomic E-state index is 14.3. The van der Waals surface area contributed by atoms with Crippen molar-refractivity contribution in [3.8, 4) is 5.75 Å².